The van der Waals surface area contributed by atoms with E-state index in [1.807, 2.05) is 0 Å². The molecule has 7 nitrogen and oxygen atoms in total. The molecular weight excluding hydrogens is 316 g/mol. The van der Waals surface area contributed by atoms with Crippen LogP contribution in [-0.4, -0.2) is 119 Å². The molecule has 0 unspecified atom stereocenters. The van der Waals surface area contributed by atoms with Gasteiger partial charge in [0.1, 0.15) is 0 Å². The van der Waals surface area contributed by atoms with Gasteiger partial charge in [-0.2, -0.15) is 0 Å². The Morgan fingerprint density at radius 2 is 0.955 bits per heavy atom. The van der Waals surface area contributed by atoms with Gasteiger partial charge in [0.05, 0.1) is 0 Å². The summed E-state index contributed by atoms with van der Waals surface area (Å²) in [5.41, 5.74) is 0. The maximum absolute atomic E-state index is 5.61. The summed E-state index contributed by atoms with van der Waals surface area (Å²) in [6.45, 7) is 0. The zero-order valence-corrected chi connectivity index (χ0v) is 18.7. The summed E-state index contributed by atoms with van der Waals surface area (Å²) in [4.78, 5) is 2.26. The quantitative estimate of drug-likeness (QED) is 0.617. The molecule has 0 N–H and O–H groups in total. The van der Waals surface area contributed by atoms with Crippen LogP contribution < -0.4 is 0 Å². The van der Waals surface area contributed by atoms with E-state index in [9.17, 15) is 0 Å². The van der Waals surface area contributed by atoms with Gasteiger partial charge in [0.25, 0.3) is 0 Å². The van der Waals surface area contributed by atoms with Crippen LogP contribution in [0, 0.1) is 0 Å². The SMILES string of the molecule is CN(C)C[PH](N=P(N(C)C)(N(C)C)N(C)C)(N(C)C)N(C)C. The molecule has 0 rings (SSSR count). The fourth-order valence-electron chi connectivity index (χ4n) is 2.87. The molecule has 0 aliphatic rings. The summed E-state index contributed by atoms with van der Waals surface area (Å²) in [7, 11) is 21.6. The second kappa shape index (κ2) is 8.50. The van der Waals surface area contributed by atoms with Crippen LogP contribution in [0.5, 0.6) is 0 Å². The van der Waals surface area contributed by atoms with Gasteiger partial charge >= 0.3 is 139 Å². The summed E-state index contributed by atoms with van der Waals surface area (Å²) in [6.07, 6.45) is 0.963. The van der Waals surface area contributed by atoms with Crippen LogP contribution in [0.1, 0.15) is 0 Å². The molecule has 0 bridgehead atoms. The molecule has 0 aliphatic carbocycles. The van der Waals surface area contributed by atoms with Crippen LogP contribution in [0.4, 0.5) is 0 Å². The first-order chi connectivity index (χ1) is 9.84. The normalized spacial score (nSPS) is 15.0. The Labute approximate surface area is 139 Å². The Balaban J connectivity index is 6.54. The molecule has 0 aromatic carbocycles. The van der Waals surface area contributed by atoms with Crippen LogP contribution in [0.3, 0.4) is 0 Å². The zero-order valence-electron chi connectivity index (χ0n) is 16.8. The van der Waals surface area contributed by atoms with Gasteiger partial charge in [-0.1, -0.05) is 0 Å². The molecule has 0 saturated heterocycles. The standard InChI is InChI=1S/C13H39N7P2/c1-15(2)13-21(16(3)4,17(5)6)14-22(18(7)8,19(9)10)20(11)12/h21H,13H2,1-12H3. The van der Waals surface area contributed by atoms with E-state index in [0.717, 1.165) is 6.29 Å². The summed E-state index contributed by atoms with van der Waals surface area (Å²) >= 11 is 0. The number of nitrogens with zero attached hydrogens (tertiary/aromatic N) is 7. The minimum atomic E-state index is -2.20. The Bertz CT molecular complexity index is 355. The summed E-state index contributed by atoms with van der Waals surface area (Å²) in [5, 5.41) is 0. The first-order valence-electron chi connectivity index (χ1n) is 7.51. The third kappa shape index (κ3) is 4.49. The average Bonchev–Trinajstić information content (AvgIpc) is 2.31. The van der Waals surface area contributed by atoms with E-state index >= 15 is 0 Å². The second-order valence-electron chi connectivity index (χ2n) is 6.98. The molecule has 0 radical (unpaired) electrons. The number of rotatable bonds is 8. The van der Waals surface area contributed by atoms with E-state index in [-0.39, 0.29) is 0 Å². The molecule has 0 heterocycles. The average molecular weight is 355 g/mol. The van der Waals surface area contributed by atoms with Crippen molar-refractivity contribution < 1.29 is 0 Å². The fraction of sp³-hybridized carbons (Fsp3) is 1.00. The Kier molecular flexibility index (Phi) is 8.66. The zero-order chi connectivity index (χ0) is 17.9. The van der Waals surface area contributed by atoms with Gasteiger partial charge in [0.15, 0.2) is 0 Å². The van der Waals surface area contributed by atoms with Gasteiger partial charge in [0.2, 0.25) is 0 Å². The molecule has 9 heteroatoms. The molecule has 0 fully saturated rings. The van der Waals surface area contributed by atoms with Crippen LogP contribution in [0.15, 0.2) is 4.52 Å². The second-order valence-corrected chi connectivity index (χ2v) is 14.9. The van der Waals surface area contributed by atoms with E-state index in [1.165, 1.54) is 0 Å². The minimum absolute atomic E-state index is 0.963. The van der Waals surface area contributed by atoms with Crippen molar-refractivity contribution in [2.24, 2.45) is 4.52 Å². The van der Waals surface area contributed by atoms with Crippen LogP contribution in [0.25, 0.3) is 0 Å². The van der Waals surface area contributed by atoms with Crippen molar-refractivity contribution in [2.45, 2.75) is 0 Å². The molecule has 0 aromatic rings. The van der Waals surface area contributed by atoms with Gasteiger partial charge < -0.3 is 0 Å². The van der Waals surface area contributed by atoms with Crippen molar-refractivity contribution in [3.8, 4) is 0 Å². The van der Waals surface area contributed by atoms with Gasteiger partial charge in [-0.3, -0.25) is 0 Å². The summed E-state index contributed by atoms with van der Waals surface area (Å²) < 4.78 is 17.2. The van der Waals surface area contributed by atoms with Gasteiger partial charge in [-0.15, -0.1) is 0 Å². The third-order valence-corrected chi connectivity index (χ3v) is 13.4. The monoisotopic (exact) mass is 355 g/mol. The molecule has 0 saturated carbocycles. The van der Waals surface area contributed by atoms with Crippen LogP contribution in [-0.2, 0) is 0 Å². The van der Waals surface area contributed by atoms with Crippen molar-refractivity contribution >= 4 is 15.2 Å². The van der Waals surface area contributed by atoms with Crippen molar-refractivity contribution in [1.82, 2.24) is 28.3 Å². The first kappa shape index (κ1) is 22.4. The first-order valence-corrected chi connectivity index (χ1v) is 11.2. The Morgan fingerprint density at radius 3 is 1.14 bits per heavy atom. The maximum atomic E-state index is 5.61. The van der Waals surface area contributed by atoms with Crippen molar-refractivity contribution in [1.29, 1.82) is 0 Å². The third-order valence-electron chi connectivity index (χ3n) is 3.87. The van der Waals surface area contributed by atoms with Gasteiger partial charge in [-0.25, -0.2) is 0 Å². The van der Waals surface area contributed by atoms with Gasteiger partial charge in [0, 0.05) is 0 Å². The predicted octanol–water partition coefficient (Wildman–Crippen LogP) is 1.75. The van der Waals surface area contributed by atoms with Crippen molar-refractivity contribution in [2.75, 3.05) is 90.9 Å². The van der Waals surface area contributed by atoms with E-state index in [2.05, 4.69) is 113 Å². The van der Waals surface area contributed by atoms with E-state index in [0.29, 0.717) is 0 Å². The van der Waals surface area contributed by atoms with Crippen molar-refractivity contribution in [3.63, 3.8) is 0 Å². The van der Waals surface area contributed by atoms with Gasteiger partial charge in [-0.05, 0) is 0 Å². The molecule has 0 atom stereocenters. The molecule has 0 amide bonds. The van der Waals surface area contributed by atoms with E-state index in [4.69, 9.17) is 4.52 Å². The summed E-state index contributed by atoms with van der Waals surface area (Å²) in [5.74, 6) is 0. The van der Waals surface area contributed by atoms with Crippen LogP contribution >= 0.6 is 15.2 Å². The predicted molar refractivity (Wildman–Crippen MR) is 105 cm³/mol. The molecule has 136 valence electrons. The fourth-order valence-corrected chi connectivity index (χ4v) is 12.8. The van der Waals surface area contributed by atoms with E-state index in [1.54, 1.807) is 0 Å². The molecule has 22 heavy (non-hydrogen) atoms. The molecule has 0 aliphatic heterocycles. The Morgan fingerprint density at radius 1 is 0.636 bits per heavy atom. The van der Waals surface area contributed by atoms with E-state index < -0.39 is 15.2 Å². The Hall–Kier alpha value is 0.420. The number of hydrogen-bond donors (Lipinski definition) is 0. The topological polar surface area (TPSA) is 31.8 Å². The van der Waals surface area contributed by atoms with Crippen LogP contribution in [0.2, 0.25) is 0 Å². The molecular formula is C13H39N7P2. The molecule has 0 aromatic heterocycles. The summed E-state index contributed by atoms with van der Waals surface area (Å²) in [6, 6.07) is 0. The number of hydrogen-bond acceptors (Lipinski definition) is 4. The molecule has 0 spiro atoms. The van der Waals surface area contributed by atoms with Crippen molar-refractivity contribution in [3.05, 3.63) is 0 Å².